The van der Waals surface area contributed by atoms with E-state index in [0.717, 1.165) is 47.5 Å². The number of rotatable bonds is 11. The molecule has 1 amide bonds. The second-order valence-corrected chi connectivity index (χ2v) is 10.6. The summed E-state index contributed by atoms with van der Waals surface area (Å²) < 4.78 is 8.10. The molecular formula is C29H33N3O2S2. The highest BCUT2D eigenvalue weighted by Crippen LogP contribution is 2.36. The Hall–Kier alpha value is -2.90. The van der Waals surface area contributed by atoms with Crippen LogP contribution in [0.2, 0.25) is 0 Å². The van der Waals surface area contributed by atoms with Gasteiger partial charge in [-0.05, 0) is 61.7 Å². The van der Waals surface area contributed by atoms with Gasteiger partial charge in [-0.15, -0.1) is 0 Å². The summed E-state index contributed by atoms with van der Waals surface area (Å²) in [4.78, 5) is 15.8. The Balaban J connectivity index is 1.67. The van der Waals surface area contributed by atoms with Crippen LogP contribution in [0.15, 0.2) is 65.7 Å². The largest absolute Gasteiger partial charge is 0.494 e. The molecule has 4 rings (SSSR count). The van der Waals surface area contributed by atoms with Crippen molar-refractivity contribution in [3.63, 3.8) is 0 Å². The first kappa shape index (κ1) is 26.2. The Morgan fingerprint density at radius 3 is 2.50 bits per heavy atom. The van der Waals surface area contributed by atoms with Gasteiger partial charge in [0.05, 0.1) is 22.9 Å². The van der Waals surface area contributed by atoms with E-state index in [1.165, 1.54) is 18.2 Å². The smallest absolute Gasteiger partial charge is 0.266 e. The standard InChI is InChI=1S/C29H33N3O2S2/c1-4-7-11-21(5-2)19-31-28(33)26(36-29(31)35)18-23-20-32(24-12-9-8-10-13-24)30-27(23)22-14-16-25(17-15-22)34-6-3/h8-10,12-18,20-21H,4-7,11,19H2,1-3H3/b26-18-. The third-order valence-electron chi connectivity index (χ3n) is 6.35. The van der Waals surface area contributed by atoms with Crippen LogP contribution in [0.5, 0.6) is 5.75 Å². The highest BCUT2D eigenvalue weighted by atomic mass is 32.2. The van der Waals surface area contributed by atoms with Crippen molar-refractivity contribution < 1.29 is 9.53 Å². The molecule has 188 valence electrons. The van der Waals surface area contributed by atoms with Gasteiger partial charge in [0.1, 0.15) is 10.1 Å². The molecule has 1 aromatic heterocycles. The second kappa shape index (κ2) is 12.4. The summed E-state index contributed by atoms with van der Waals surface area (Å²) in [6.45, 7) is 7.66. The molecule has 0 N–H and O–H groups in total. The minimum Gasteiger partial charge on any atom is -0.494 e. The van der Waals surface area contributed by atoms with E-state index in [1.54, 1.807) is 4.90 Å². The molecule has 1 atom stereocenters. The molecule has 0 aliphatic carbocycles. The monoisotopic (exact) mass is 519 g/mol. The molecule has 5 nitrogen and oxygen atoms in total. The number of benzene rings is 2. The number of hydrogen-bond acceptors (Lipinski definition) is 5. The molecule has 1 saturated heterocycles. The van der Waals surface area contributed by atoms with Crippen LogP contribution in [0.3, 0.4) is 0 Å². The van der Waals surface area contributed by atoms with E-state index in [2.05, 4.69) is 13.8 Å². The Kier molecular flexibility index (Phi) is 8.99. The fourth-order valence-electron chi connectivity index (χ4n) is 4.28. The molecule has 1 unspecified atom stereocenters. The molecule has 7 heteroatoms. The molecule has 36 heavy (non-hydrogen) atoms. The van der Waals surface area contributed by atoms with Crippen molar-refractivity contribution >= 4 is 40.3 Å². The topological polar surface area (TPSA) is 47.4 Å². The molecule has 3 aromatic rings. The number of para-hydroxylation sites is 1. The second-order valence-electron chi connectivity index (χ2n) is 8.88. The van der Waals surface area contributed by atoms with Crippen LogP contribution in [0.25, 0.3) is 23.0 Å². The summed E-state index contributed by atoms with van der Waals surface area (Å²) >= 11 is 7.01. The van der Waals surface area contributed by atoms with Crippen LogP contribution in [0, 0.1) is 5.92 Å². The van der Waals surface area contributed by atoms with E-state index >= 15 is 0 Å². The number of amides is 1. The van der Waals surface area contributed by atoms with Gasteiger partial charge in [0.15, 0.2) is 0 Å². The molecule has 1 aliphatic heterocycles. The predicted octanol–water partition coefficient (Wildman–Crippen LogP) is 7.36. The molecule has 2 aromatic carbocycles. The van der Waals surface area contributed by atoms with E-state index in [1.807, 2.05) is 78.5 Å². The highest BCUT2D eigenvalue weighted by Gasteiger charge is 2.33. The van der Waals surface area contributed by atoms with Crippen LogP contribution < -0.4 is 4.74 Å². The number of thioether (sulfide) groups is 1. The zero-order valence-corrected chi connectivity index (χ0v) is 22.8. The van der Waals surface area contributed by atoms with Crippen molar-refractivity contribution in [3.05, 3.63) is 71.3 Å². The van der Waals surface area contributed by atoms with E-state index in [-0.39, 0.29) is 5.91 Å². The number of nitrogens with zero attached hydrogens (tertiary/aromatic N) is 3. The first-order valence-electron chi connectivity index (χ1n) is 12.7. The number of carbonyl (C=O) groups is 1. The van der Waals surface area contributed by atoms with Gasteiger partial charge in [-0.3, -0.25) is 9.69 Å². The van der Waals surface area contributed by atoms with E-state index in [0.29, 0.717) is 28.3 Å². The maximum absolute atomic E-state index is 13.4. The number of ether oxygens (including phenoxy) is 1. The summed E-state index contributed by atoms with van der Waals surface area (Å²) in [5.41, 5.74) is 3.60. The Labute approximate surface area is 223 Å². The quantitative estimate of drug-likeness (QED) is 0.196. The third-order valence-corrected chi connectivity index (χ3v) is 7.72. The summed E-state index contributed by atoms with van der Waals surface area (Å²) in [5.74, 6) is 1.27. The van der Waals surface area contributed by atoms with Crippen molar-refractivity contribution in [2.45, 2.75) is 46.5 Å². The van der Waals surface area contributed by atoms with Crippen molar-refractivity contribution in [3.8, 4) is 22.7 Å². The number of carbonyl (C=O) groups excluding carboxylic acids is 1. The first-order chi connectivity index (χ1) is 17.5. The van der Waals surface area contributed by atoms with Crippen LogP contribution in [-0.2, 0) is 4.79 Å². The fraction of sp³-hybridized carbons (Fsp3) is 0.345. The van der Waals surface area contributed by atoms with E-state index in [4.69, 9.17) is 22.1 Å². The summed E-state index contributed by atoms with van der Waals surface area (Å²) in [5, 5.41) is 4.89. The van der Waals surface area contributed by atoms with E-state index in [9.17, 15) is 4.79 Å². The van der Waals surface area contributed by atoms with Gasteiger partial charge in [-0.1, -0.05) is 75.3 Å². The fourth-order valence-corrected chi connectivity index (χ4v) is 5.55. The lowest BCUT2D eigenvalue weighted by atomic mass is 9.99. The molecule has 0 spiro atoms. The molecule has 1 aliphatic rings. The van der Waals surface area contributed by atoms with Gasteiger partial charge in [-0.25, -0.2) is 4.68 Å². The van der Waals surface area contributed by atoms with Gasteiger partial charge >= 0.3 is 0 Å². The Morgan fingerprint density at radius 1 is 1.08 bits per heavy atom. The molecule has 0 radical (unpaired) electrons. The summed E-state index contributed by atoms with van der Waals surface area (Å²) in [6.07, 6.45) is 8.41. The van der Waals surface area contributed by atoms with Gasteiger partial charge in [-0.2, -0.15) is 5.10 Å². The molecule has 1 fully saturated rings. The van der Waals surface area contributed by atoms with Gasteiger partial charge in [0.25, 0.3) is 5.91 Å². The molecule has 0 bridgehead atoms. The Bertz CT molecular complexity index is 1220. The normalized spacial score (nSPS) is 15.6. The van der Waals surface area contributed by atoms with E-state index < -0.39 is 0 Å². The van der Waals surface area contributed by atoms with Crippen molar-refractivity contribution in [1.29, 1.82) is 0 Å². The Morgan fingerprint density at radius 2 is 1.83 bits per heavy atom. The molecule has 0 saturated carbocycles. The SMILES string of the molecule is CCCCC(CC)CN1C(=O)/C(=C/c2cn(-c3ccccc3)nc2-c2ccc(OCC)cc2)SC1=S. The third kappa shape index (κ3) is 6.08. The lowest BCUT2D eigenvalue weighted by Crippen LogP contribution is -2.33. The van der Waals surface area contributed by atoms with Gasteiger partial charge in [0, 0.05) is 23.9 Å². The maximum Gasteiger partial charge on any atom is 0.266 e. The maximum atomic E-state index is 13.4. The van der Waals surface area contributed by atoms with Crippen molar-refractivity contribution in [2.75, 3.05) is 13.2 Å². The van der Waals surface area contributed by atoms with Crippen molar-refractivity contribution in [2.24, 2.45) is 5.92 Å². The van der Waals surface area contributed by atoms with Crippen LogP contribution in [-0.4, -0.2) is 38.1 Å². The molecule has 2 heterocycles. The predicted molar refractivity (Wildman–Crippen MR) is 153 cm³/mol. The van der Waals surface area contributed by atoms with Gasteiger partial charge < -0.3 is 4.74 Å². The molecular weight excluding hydrogens is 486 g/mol. The van der Waals surface area contributed by atoms with Crippen LogP contribution >= 0.6 is 24.0 Å². The van der Waals surface area contributed by atoms with Crippen LogP contribution in [0.1, 0.15) is 52.0 Å². The number of hydrogen-bond donors (Lipinski definition) is 0. The highest BCUT2D eigenvalue weighted by molar-refractivity contribution is 8.26. The lowest BCUT2D eigenvalue weighted by molar-refractivity contribution is -0.122. The zero-order chi connectivity index (χ0) is 25.5. The number of thiocarbonyl (C=S) groups is 1. The average Bonchev–Trinajstić information content (AvgIpc) is 3.44. The summed E-state index contributed by atoms with van der Waals surface area (Å²) in [6, 6.07) is 17.9. The zero-order valence-electron chi connectivity index (χ0n) is 21.1. The average molecular weight is 520 g/mol. The summed E-state index contributed by atoms with van der Waals surface area (Å²) in [7, 11) is 0. The minimum absolute atomic E-state index is 0.00921. The van der Waals surface area contributed by atoms with Crippen LogP contribution in [0.4, 0.5) is 0 Å². The lowest BCUT2D eigenvalue weighted by Gasteiger charge is -2.21. The van der Waals surface area contributed by atoms with Gasteiger partial charge in [0.2, 0.25) is 0 Å². The van der Waals surface area contributed by atoms with Crippen molar-refractivity contribution in [1.82, 2.24) is 14.7 Å². The number of unbranched alkanes of at least 4 members (excludes halogenated alkanes) is 1. The minimum atomic E-state index is -0.00921. The first-order valence-corrected chi connectivity index (χ1v) is 13.9. The number of aromatic nitrogens is 2.